The van der Waals surface area contributed by atoms with Gasteiger partial charge in [0.25, 0.3) is 0 Å². The molecule has 128 valence electrons. The average Bonchev–Trinajstić information content (AvgIpc) is 2.68. The van der Waals surface area contributed by atoms with E-state index in [1.165, 1.54) is 28.7 Å². The van der Waals surface area contributed by atoms with E-state index in [1.807, 2.05) is 17.3 Å². The van der Waals surface area contributed by atoms with Crippen LogP contribution in [0.4, 0.5) is 5.95 Å². The summed E-state index contributed by atoms with van der Waals surface area (Å²) >= 11 is 0. The summed E-state index contributed by atoms with van der Waals surface area (Å²) < 4.78 is 5.26. The third-order valence-corrected chi connectivity index (χ3v) is 4.93. The molecule has 0 bridgehead atoms. The van der Waals surface area contributed by atoms with Crippen molar-refractivity contribution in [3.8, 4) is 0 Å². The highest BCUT2D eigenvalue weighted by molar-refractivity contribution is 5.82. The number of aromatic nitrogens is 2. The SMILES string of the molecule is COCc1cccc(C2CCC3=C(C=NN(c4ncccn4)C3)C2)c1. The first-order chi connectivity index (χ1) is 12.3. The molecule has 0 saturated heterocycles. The van der Waals surface area contributed by atoms with Crippen molar-refractivity contribution in [3.63, 3.8) is 0 Å². The van der Waals surface area contributed by atoms with Crippen molar-refractivity contribution in [2.45, 2.75) is 31.8 Å². The molecule has 1 aromatic heterocycles. The van der Waals surface area contributed by atoms with Gasteiger partial charge in [0.15, 0.2) is 0 Å². The van der Waals surface area contributed by atoms with Crippen LogP contribution in [-0.4, -0.2) is 29.8 Å². The van der Waals surface area contributed by atoms with Gasteiger partial charge in [-0.3, -0.25) is 0 Å². The molecule has 4 rings (SSSR count). The third kappa shape index (κ3) is 3.46. The van der Waals surface area contributed by atoms with Gasteiger partial charge in [-0.25, -0.2) is 15.0 Å². The highest BCUT2D eigenvalue weighted by Gasteiger charge is 2.26. The van der Waals surface area contributed by atoms with Crippen LogP contribution in [0.25, 0.3) is 0 Å². The lowest BCUT2D eigenvalue weighted by Gasteiger charge is -2.31. The number of benzene rings is 1. The van der Waals surface area contributed by atoms with Gasteiger partial charge in [-0.05, 0) is 53.5 Å². The number of hydrogen-bond acceptors (Lipinski definition) is 5. The maximum Gasteiger partial charge on any atom is 0.246 e. The fraction of sp³-hybridized carbons (Fsp3) is 0.350. The molecule has 0 radical (unpaired) electrons. The summed E-state index contributed by atoms with van der Waals surface area (Å²) in [6, 6.07) is 10.6. The van der Waals surface area contributed by atoms with Crippen LogP contribution in [0.2, 0.25) is 0 Å². The summed E-state index contributed by atoms with van der Waals surface area (Å²) in [5.74, 6) is 1.22. The number of methoxy groups -OCH3 is 1. The zero-order valence-electron chi connectivity index (χ0n) is 14.4. The minimum atomic E-state index is 0.557. The Morgan fingerprint density at radius 2 is 2.08 bits per heavy atom. The molecule has 5 nitrogen and oxygen atoms in total. The normalized spacial score (nSPS) is 19.9. The minimum absolute atomic E-state index is 0.557. The van der Waals surface area contributed by atoms with E-state index in [9.17, 15) is 0 Å². The molecule has 5 heteroatoms. The molecule has 2 heterocycles. The Bertz CT molecular complexity index is 800. The number of nitrogens with zero attached hydrogens (tertiary/aromatic N) is 4. The summed E-state index contributed by atoms with van der Waals surface area (Å²) in [5, 5.41) is 6.45. The molecule has 0 spiro atoms. The van der Waals surface area contributed by atoms with Gasteiger partial charge in [-0.1, -0.05) is 24.3 Å². The lowest BCUT2D eigenvalue weighted by Crippen LogP contribution is -2.28. The zero-order chi connectivity index (χ0) is 17.1. The number of allylic oxidation sites excluding steroid dienone is 1. The van der Waals surface area contributed by atoms with Crippen LogP contribution >= 0.6 is 0 Å². The Morgan fingerprint density at radius 3 is 2.92 bits per heavy atom. The Kier molecular flexibility index (Phi) is 4.57. The number of ether oxygens (including phenoxy) is 1. The molecule has 25 heavy (non-hydrogen) atoms. The molecule has 0 N–H and O–H groups in total. The van der Waals surface area contributed by atoms with Gasteiger partial charge in [0.1, 0.15) is 0 Å². The molecular formula is C20H22N4O. The summed E-state index contributed by atoms with van der Waals surface area (Å²) in [6.07, 6.45) is 8.84. The largest absolute Gasteiger partial charge is 0.380 e. The molecule has 1 atom stereocenters. The van der Waals surface area contributed by atoms with E-state index >= 15 is 0 Å². The van der Waals surface area contributed by atoms with Gasteiger partial charge in [0.2, 0.25) is 5.95 Å². The number of rotatable bonds is 4. The number of hydrazone groups is 1. The molecule has 1 aliphatic carbocycles. The van der Waals surface area contributed by atoms with Crippen molar-refractivity contribution in [1.82, 2.24) is 9.97 Å². The van der Waals surface area contributed by atoms with Crippen LogP contribution in [0, 0.1) is 0 Å². The minimum Gasteiger partial charge on any atom is -0.380 e. The van der Waals surface area contributed by atoms with E-state index in [-0.39, 0.29) is 0 Å². The van der Waals surface area contributed by atoms with Crippen LogP contribution in [0.1, 0.15) is 36.3 Å². The Hall–Kier alpha value is -2.53. The summed E-state index contributed by atoms with van der Waals surface area (Å²) in [4.78, 5) is 8.59. The van der Waals surface area contributed by atoms with Crippen molar-refractivity contribution >= 4 is 12.2 Å². The first kappa shape index (κ1) is 16.0. The standard InChI is InChI=1S/C20H22N4O/c1-25-14-15-4-2-5-16(10-15)17-6-7-18-13-24(23-12-19(18)11-17)20-21-8-3-9-22-20/h2-5,8-10,12,17H,6-7,11,13-14H2,1H3. The van der Waals surface area contributed by atoms with Crippen molar-refractivity contribution in [1.29, 1.82) is 0 Å². The highest BCUT2D eigenvalue weighted by atomic mass is 16.5. The molecule has 1 aliphatic heterocycles. The van der Waals surface area contributed by atoms with Crippen LogP contribution in [0.15, 0.2) is 59.0 Å². The predicted molar refractivity (Wildman–Crippen MR) is 98.6 cm³/mol. The van der Waals surface area contributed by atoms with Crippen molar-refractivity contribution < 1.29 is 4.74 Å². The summed E-state index contributed by atoms with van der Waals surface area (Å²) in [7, 11) is 1.74. The number of hydrogen-bond donors (Lipinski definition) is 0. The van der Waals surface area contributed by atoms with Crippen molar-refractivity contribution in [3.05, 3.63) is 65.0 Å². The fourth-order valence-corrected chi connectivity index (χ4v) is 3.64. The zero-order valence-corrected chi connectivity index (χ0v) is 14.4. The molecule has 0 amide bonds. The Balaban J connectivity index is 1.49. The first-order valence-electron chi connectivity index (χ1n) is 8.70. The van der Waals surface area contributed by atoms with Crippen LogP contribution in [0.3, 0.4) is 0 Å². The molecule has 2 aliphatic rings. The summed E-state index contributed by atoms with van der Waals surface area (Å²) in [5.41, 5.74) is 5.49. The van der Waals surface area contributed by atoms with Gasteiger partial charge in [0.05, 0.1) is 19.4 Å². The van der Waals surface area contributed by atoms with E-state index in [1.54, 1.807) is 19.5 Å². The Labute approximate surface area is 148 Å². The lowest BCUT2D eigenvalue weighted by atomic mass is 9.79. The van der Waals surface area contributed by atoms with Gasteiger partial charge in [-0.15, -0.1) is 0 Å². The van der Waals surface area contributed by atoms with E-state index in [2.05, 4.69) is 39.3 Å². The maximum atomic E-state index is 5.26. The van der Waals surface area contributed by atoms with Gasteiger partial charge < -0.3 is 4.74 Å². The molecule has 0 saturated carbocycles. The fourth-order valence-electron chi connectivity index (χ4n) is 3.64. The molecule has 2 aromatic rings. The van der Waals surface area contributed by atoms with Crippen LogP contribution in [0.5, 0.6) is 0 Å². The number of anilines is 1. The van der Waals surface area contributed by atoms with Gasteiger partial charge in [-0.2, -0.15) is 5.10 Å². The van der Waals surface area contributed by atoms with Crippen molar-refractivity contribution in [2.24, 2.45) is 5.10 Å². The average molecular weight is 334 g/mol. The lowest BCUT2D eigenvalue weighted by molar-refractivity contribution is 0.185. The van der Waals surface area contributed by atoms with Gasteiger partial charge >= 0.3 is 0 Å². The molecule has 1 unspecified atom stereocenters. The van der Waals surface area contributed by atoms with Crippen molar-refractivity contribution in [2.75, 3.05) is 18.7 Å². The van der Waals surface area contributed by atoms with E-state index < -0.39 is 0 Å². The third-order valence-electron chi connectivity index (χ3n) is 4.93. The van der Waals surface area contributed by atoms with E-state index in [4.69, 9.17) is 4.74 Å². The second kappa shape index (κ2) is 7.15. The second-order valence-electron chi connectivity index (χ2n) is 6.60. The monoisotopic (exact) mass is 334 g/mol. The quantitative estimate of drug-likeness (QED) is 0.855. The summed E-state index contributed by atoms with van der Waals surface area (Å²) in [6.45, 7) is 1.47. The van der Waals surface area contributed by atoms with Gasteiger partial charge in [0, 0.05) is 19.5 Å². The molecule has 1 aromatic carbocycles. The topological polar surface area (TPSA) is 50.6 Å². The maximum absolute atomic E-state index is 5.26. The predicted octanol–water partition coefficient (Wildman–Crippen LogP) is 3.69. The van der Waals surface area contributed by atoms with Crippen LogP contribution in [-0.2, 0) is 11.3 Å². The second-order valence-corrected chi connectivity index (χ2v) is 6.60. The first-order valence-corrected chi connectivity index (χ1v) is 8.70. The van der Waals surface area contributed by atoms with Crippen LogP contribution < -0.4 is 5.01 Å². The van der Waals surface area contributed by atoms with E-state index in [0.717, 1.165) is 19.4 Å². The molecular weight excluding hydrogens is 312 g/mol. The smallest absolute Gasteiger partial charge is 0.246 e. The highest BCUT2D eigenvalue weighted by Crippen LogP contribution is 2.37. The Morgan fingerprint density at radius 1 is 1.20 bits per heavy atom. The van der Waals surface area contributed by atoms with E-state index in [0.29, 0.717) is 18.5 Å². The molecule has 0 fully saturated rings.